The van der Waals surface area contributed by atoms with Gasteiger partial charge in [-0.25, -0.2) is 0 Å². The van der Waals surface area contributed by atoms with E-state index in [2.05, 4.69) is 10.6 Å². The monoisotopic (exact) mass is 228 g/mol. The summed E-state index contributed by atoms with van der Waals surface area (Å²) in [5.41, 5.74) is 0. The lowest BCUT2D eigenvalue weighted by Gasteiger charge is -2.14. The first-order valence-corrected chi connectivity index (χ1v) is 6.46. The van der Waals surface area contributed by atoms with Gasteiger partial charge in [-0.2, -0.15) is 0 Å². The minimum Gasteiger partial charge on any atom is -0.396 e. The van der Waals surface area contributed by atoms with Gasteiger partial charge in [0.1, 0.15) is 0 Å². The zero-order valence-electron chi connectivity index (χ0n) is 10.0. The van der Waals surface area contributed by atoms with Crippen molar-refractivity contribution in [2.24, 2.45) is 0 Å². The third-order valence-electron chi connectivity index (χ3n) is 3.01. The molecule has 0 aromatic heterocycles. The van der Waals surface area contributed by atoms with Gasteiger partial charge in [0.05, 0.1) is 6.04 Å². The molecule has 0 aromatic carbocycles. The van der Waals surface area contributed by atoms with Crippen molar-refractivity contribution in [2.45, 2.75) is 51.0 Å². The summed E-state index contributed by atoms with van der Waals surface area (Å²) in [4.78, 5) is 11.6. The summed E-state index contributed by atoms with van der Waals surface area (Å²) in [6, 6.07) is 0.0142. The van der Waals surface area contributed by atoms with Crippen LogP contribution < -0.4 is 10.6 Å². The maximum Gasteiger partial charge on any atom is 0.237 e. The van der Waals surface area contributed by atoms with Crippen LogP contribution in [0.15, 0.2) is 0 Å². The van der Waals surface area contributed by atoms with Gasteiger partial charge >= 0.3 is 0 Å². The maximum absolute atomic E-state index is 11.6. The van der Waals surface area contributed by atoms with E-state index in [0.29, 0.717) is 6.61 Å². The molecule has 1 rings (SSSR count). The average molecular weight is 228 g/mol. The molecule has 1 amide bonds. The van der Waals surface area contributed by atoms with Crippen molar-refractivity contribution in [3.63, 3.8) is 0 Å². The number of unbranched alkanes of at least 4 members (excludes halogenated alkanes) is 3. The van der Waals surface area contributed by atoms with E-state index in [1.54, 1.807) is 0 Å². The SMILES string of the molecule is O=C1NCCCCC1NCCCCCCO. The highest BCUT2D eigenvalue weighted by Crippen LogP contribution is 2.05. The van der Waals surface area contributed by atoms with Crippen molar-refractivity contribution in [1.82, 2.24) is 10.6 Å². The number of aliphatic hydroxyl groups excluding tert-OH is 1. The topological polar surface area (TPSA) is 61.4 Å². The third-order valence-corrected chi connectivity index (χ3v) is 3.01. The molecule has 94 valence electrons. The zero-order chi connectivity index (χ0) is 11.6. The molecular formula is C12H24N2O2. The number of nitrogens with one attached hydrogen (secondary N) is 2. The van der Waals surface area contributed by atoms with Crippen LogP contribution in [0.4, 0.5) is 0 Å². The predicted octanol–water partition coefficient (Wildman–Crippen LogP) is 0.797. The second-order valence-electron chi connectivity index (χ2n) is 4.43. The lowest BCUT2D eigenvalue weighted by molar-refractivity contribution is -0.122. The first-order valence-electron chi connectivity index (χ1n) is 6.46. The number of hydrogen-bond donors (Lipinski definition) is 3. The lowest BCUT2D eigenvalue weighted by atomic mass is 10.1. The summed E-state index contributed by atoms with van der Waals surface area (Å²) < 4.78 is 0. The summed E-state index contributed by atoms with van der Waals surface area (Å²) in [5.74, 6) is 0.160. The predicted molar refractivity (Wildman–Crippen MR) is 64.2 cm³/mol. The van der Waals surface area contributed by atoms with Crippen molar-refractivity contribution in [1.29, 1.82) is 0 Å². The second kappa shape index (κ2) is 8.53. The molecule has 0 aromatic rings. The third kappa shape index (κ3) is 5.47. The van der Waals surface area contributed by atoms with Gasteiger partial charge in [0.25, 0.3) is 0 Å². The maximum atomic E-state index is 11.6. The quantitative estimate of drug-likeness (QED) is 0.565. The molecule has 1 saturated heterocycles. The average Bonchev–Trinajstić information content (AvgIpc) is 2.49. The second-order valence-corrected chi connectivity index (χ2v) is 4.43. The zero-order valence-corrected chi connectivity index (χ0v) is 10.0. The Bertz CT molecular complexity index is 197. The van der Waals surface area contributed by atoms with Gasteiger partial charge in [-0.05, 0) is 38.6 Å². The number of carbonyl (C=O) groups is 1. The Kier molecular flexibility index (Phi) is 7.17. The number of hydrogen-bond acceptors (Lipinski definition) is 3. The smallest absolute Gasteiger partial charge is 0.237 e. The molecule has 16 heavy (non-hydrogen) atoms. The van der Waals surface area contributed by atoms with Crippen molar-refractivity contribution in [3.05, 3.63) is 0 Å². The van der Waals surface area contributed by atoms with Gasteiger partial charge in [-0.3, -0.25) is 4.79 Å². The Labute approximate surface area is 97.8 Å². The first-order chi connectivity index (χ1) is 7.84. The van der Waals surface area contributed by atoms with E-state index in [1.807, 2.05) is 0 Å². The fourth-order valence-corrected chi connectivity index (χ4v) is 2.00. The molecule has 0 saturated carbocycles. The highest BCUT2D eigenvalue weighted by Gasteiger charge is 2.18. The van der Waals surface area contributed by atoms with Crippen LogP contribution in [-0.4, -0.2) is 36.8 Å². The van der Waals surface area contributed by atoms with E-state index in [9.17, 15) is 4.79 Å². The van der Waals surface area contributed by atoms with Crippen molar-refractivity contribution < 1.29 is 9.90 Å². The van der Waals surface area contributed by atoms with E-state index < -0.39 is 0 Å². The number of amides is 1. The van der Waals surface area contributed by atoms with Crippen molar-refractivity contribution >= 4 is 5.91 Å². The summed E-state index contributed by atoms with van der Waals surface area (Å²) in [5, 5.41) is 14.9. The first kappa shape index (κ1) is 13.5. The Hall–Kier alpha value is -0.610. The van der Waals surface area contributed by atoms with E-state index in [0.717, 1.165) is 58.0 Å². The normalized spacial score (nSPS) is 21.6. The van der Waals surface area contributed by atoms with Crippen LogP contribution in [0, 0.1) is 0 Å². The highest BCUT2D eigenvalue weighted by atomic mass is 16.2. The van der Waals surface area contributed by atoms with Gasteiger partial charge in [0.15, 0.2) is 0 Å². The molecule has 1 heterocycles. The molecule has 1 aliphatic heterocycles. The van der Waals surface area contributed by atoms with E-state index in [4.69, 9.17) is 5.11 Å². The molecule has 1 atom stereocenters. The summed E-state index contributed by atoms with van der Waals surface area (Å²) in [7, 11) is 0. The number of carbonyl (C=O) groups excluding carboxylic acids is 1. The lowest BCUT2D eigenvalue weighted by Crippen LogP contribution is -2.43. The summed E-state index contributed by atoms with van der Waals surface area (Å²) in [6.45, 7) is 2.02. The Morgan fingerprint density at radius 3 is 2.88 bits per heavy atom. The number of rotatable bonds is 7. The molecule has 3 N–H and O–H groups in total. The van der Waals surface area contributed by atoms with Gasteiger partial charge < -0.3 is 15.7 Å². The minimum atomic E-state index is 0.0142. The molecule has 1 aliphatic rings. The summed E-state index contributed by atoms with van der Waals surface area (Å²) in [6.07, 6.45) is 7.37. The van der Waals surface area contributed by atoms with Crippen molar-refractivity contribution in [3.8, 4) is 0 Å². The number of aliphatic hydroxyl groups is 1. The fourth-order valence-electron chi connectivity index (χ4n) is 2.00. The van der Waals surface area contributed by atoms with Gasteiger partial charge in [-0.15, -0.1) is 0 Å². The molecule has 1 fully saturated rings. The molecule has 0 radical (unpaired) electrons. The standard InChI is InChI=1S/C12H24N2O2/c15-10-6-2-1-4-8-13-11-7-3-5-9-14-12(11)16/h11,13,15H,1-10H2,(H,14,16). The largest absolute Gasteiger partial charge is 0.396 e. The van der Waals surface area contributed by atoms with Gasteiger partial charge in [0, 0.05) is 13.2 Å². The van der Waals surface area contributed by atoms with Gasteiger partial charge in [0.2, 0.25) is 5.91 Å². The van der Waals surface area contributed by atoms with Crippen LogP contribution in [-0.2, 0) is 4.79 Å². The van der Waals surface area contributed by atoms with Crippen LogP contribution in [0.2, 0.25) is 0 Å². The van der Waals surface area contributed by atoms with Crippen molar-refractivity contribution in [2.75, 3.05) is 19.7 Å². The Morgan fingerprint density at radius 2 is 2.06 bits per heavy atom. The Balaban J connectivity index is 2.04. The molecule has 0 aliphatic carbocycles. The van der Waals surface area contributed by atoms with E-state index >= 15 is 0 Å². The van der Waals surface area contributed by atoms with Gasteiger partial charge in [-0.1, -0.05) is 12.8 Å². The highest BCUT2D eigenvalue weighted by molar-refractivity contribution is 5.81. The minimum absolute atomic E-state index is 0.0142. The van der Waals surface area contributed by atoms with E-state index in [1.165, 1.54) is 0 Å². The molecule has 4 nitrogen and oxygen atoms in total. The molecule has 0 bridgehead atoms. The summed E-state index contributed by atoms with van der Waals surface area (Å²) >= 11 is 0. The van der Waals surface area contributed by atoms with Crippen LogP contribution >= 0.6 is 0 Å². The molecular weight excluding hydrogens is 204 g/mol. The molecule has 0 spiro atoms. The fraction of sp³-hybridized carbons (Fsp3) is 0.917. The van der Waals surface area contributed by atoms with E-state index in [-0.39, 0.29) is 11.9 Å². The van der Waals surface area contributed by atoms with Crippen LogP contribution in [0.3, 0.4) is 0 Å². The van der Waals surface area contributed by atoms with Crippen LogP contribution in [0.1, 0.15) is 44.9 Å². The molecule has 4 heteroatoms. The molecule has 1 unspecified atom stereocenters. The van der Waals surface area contributed by atoms with Crippen LogP contribution in [0.25, 0.3) is 0 Å². The van der Waals surface area contributed by atoms with Crippen LogP contribution in [0.5, 0.6) is 0 Å². The Morgan fingerprint density at radius 1 is 1.25 bits per heavy atom.